The Morgan fingerprint density at radius 1 is 0.667 bits per heavy atom. The van der Waals surface area contributed by atoms with Crippen LogP contribution < -0.4 is 5.32 Å². The van der Waals surface area contributed by atoms with Gasteiger partial charge in [0.1, 0.15) is 5.60 Å². The van der Waals surface area contributed by atoms with Crippen LogP contribution in [0.1, 0.15) is 162 Å². The van der Waals surface area contributed by atoms with Crippen molar-refractivity contribution in [3.8, 4) is 0 Å². The third kappa shape index (κ3) is 17.5. The maximum atomic E-state index is 12.3. The van der Waals surface area contributed by atoms with Gasteiger partial charge >= 0.3 is 5.97 Å². The monoisotopic (exact) mass is 466 g/mol. The van der Waals surface area contributed by atoms with Crippen LogP contribution in [0.4, 0.5) is 0 Å². The van der Waals surface area contributed by atoms with Gasteiger partial charge in [0, 0.05) is 25.2 Å². The van der Waals surface area contributed by atoms with E-state index >= 15 is 0 Å². The van der Waals surface area contributed by atoms with Crippen LogP contribution in [0.5, 0.6) is 0 Å². The van der Waals surface area contributed by atoms with Gasteiger partial charge < -0.3 is 10.1 Å². The van der Waals surface area contributed by atoms with Gasteiger partial charge in [-0.05, 0) is 20.3 Å². The average Bonchev–Trinajstić information content (AvgIpc) is 2.81. The lowest BCUT2D eigenvalue weighted by atomic mass is 9.83. The largest absolute Gasteiger partial charge is 0.459 e. The lowest BCUT2D eigenvalue weighted by molar-refractivity contribution is -0.665. The molecule has 0 aromatic rings. The minimum absolute atomic E-state index is 0.0153. The summed E-state index contributed by atoms with van der Waals surface area (Å²) >= 11 is 0. The molecule has 0 aromatic heterocycles. The van der Waals surface area contributed by atoms with Crippen LogP contribution in [0.3, 0.4) is 0 Å². The molecule has 3 heteroatoms. The number of ether oxygens (including phenoxy) is 1. The van der Waals surface area contributed by atoms with Gasteiger partial charge in [0.2, 0.25) is 0 Å². The second-order valence-electron chi connectivity index (χ2n) is 11.3. The van der Waals surface area contributed by atoms with E-state index in [0.29, 0.717) is 12.3 Å². The van der Waals surface area contributed by atoms with E-state index in [9.17, 15) is 4.79 Å². The first-order valence-electron chi connectivity index (χ1n) is 15.1. The Balaban J connectivity index is 1.79. The van der Waals surface area contributed by atoms with E-state index in [4.69, 9.17) is 4.74 Å². The molecule has 0 unspecified atom stereocenters. The summed E-state index contributed by atoms with van der Waals surface area (Å²) in [5.74, 6) is 0.540. The first kappa shape index (κ1) is 30.5. The standard InChI is InChI=1S/C30H59NO2/c1-4-5-6-7-8-9-10-11-12-13-14-15-16-17-18-19-20-21-22-23-29(32)33-30(2,3)28-24-26-31-27-25-28/h28,31H,4-27H2,1-3H3/p+1. The summed E-state index contributed by atoms with van der Waals surface area (Å²) in [6.45, 7) is 8.85. The van der Waals surface area contributed by atoms with E-state index in [0.717, 1.165) is 6.42 Å². The summed E-state index contributed by atoms with van der Waals surface area (Å²) in [6.07, 6.45) is 29.2. The summed E-state index contributed by atoms with van der Waals surface area (Å²) in [6, 6.07) is 0. The van der Waals surface area contributed by atoms with E-state index in [2.05, 4.69) is 26.1 Å². The third-order valence-electron chi connectivity index (χ3n) is 7.78. The fraction of sp³-hybridized carbons (Fsp3) is 0.967. The smallest absolute Gasteiger partial charge is 0.306 e. The maximum Gasteiger partial charge on any atom is 0.306 e. The molecular formula is C30H60NO2+. The number of hydrogen-bond acceptors (Lipinski definition) is 2. The predicted octanol–water partition coefficient (Wildman–Crippen LogP) is 8.10. The molecule has 1 saturated heterocycles. The average molecular weight is 467 g/mol. The second kappa shape index (κ2) is 20.8. The van der Waals surface area contributed by atoms with Crippen molar-refractivity contribution in [1.82, 2.24) is 0 Å². The number of piperidine rings is 1. The quantitative estimate of drug-likeness (QED) is 0.129. The number of carbonyl (C=O) groups is 1. The van der Waals surface area contributed by atoms with Crippen molar-refractivity contribution in [2.45, 2.75) is 168 Å². The molecule has 0 saturated carbocycles. The molecule has 0 atom stereocenters. The molecule has 33 heavy (non-hydrogen) atoms. The topological polar surface area (TPSA) is 42.9 Å². The first-order chi connectivity index (χ1) is 16.1. The number of quaternary nitrogens is 1. The fourth-order valence-electron chi connectivity index (χ4n) is 5.40. The molecule has 0 amide bonds. The van der Waals surface area contributed by atoms with Gasteiger partial charge in [0.15, 0.2) is 0 Å². The van der Waals surface area contributed by atoms with E-state index in [1.54, 1.807) is 0 Å². The zero-order chi connectivity index (χ0) is 24.0. The maximum absolute atomic E-state index is 12.3. The lowest BCUT2D eigenvalue weighted by Crippen LogP contribution is -2.86. The first-order valence-corrected chi connectivity index (χ1v) is 15.1. The minimum atomic E-state index is -0.292. The van der Waals surface area contributed by atoms with Crippen LogP contribution in [0.2, 0.25) is 0 Å². The zero-order valence-electron chi connectivity index (χ0n) is 22.9. The summed E-state index contributed by atoms with van der Waals surface area (Å²) in [4.78, 5) is 12.3. The second-order valence-corrected chi connectivity index (χ2v) is 11.3. The molecule has 196 valence electrons. The molecule has 0 bridgehead atoms. The Labute approximate surface area is 207 Å². The SMILES string of the molecule is CCCCCCCCCCCCCCCCCCCCCC(=O)OC(C)(C)C1CC[NH2+]CC1. The highest BCUT2D eigenvalue weighted by molar-refractivity contribution is 5.69. The Morgan fingerprint density at radius 2 is 1.03 bits per heavy atom. The van der Waals surface area contributed by atoms with Crippen LogP contribution in [-0.4, -0.2) is 24.7 Å². The highest BCUT2D eigenvalue weighted by Crippen LogP contribution is 2.28. The van der Waals surface area contributed by atoms with Gasteiger partial charge in [-0.3, -0.25) is 4.79 Å². The Kier molecular flexibility index (Phi) is 19.2. The van der Waals surface area contributed by atoms with E-state index < -0.39 is 0 Å². The zero-order valence-corrected chi connectivity index (χ0v) is 22.9. The summed E-state index contributed by atoms with van der Waals surface area (Å²) in [5.41, 5.74) is -0.292. The van der Waals surface area contributed by atoms with Gasteiger partial charge in [-0.2, -0.15) is 0 Å². The third-order valence-corrected chi connectivity index (χ3v) is 7.78. The molecular weight excluding hydrogens is 406 g/mol. The molecule has 1 aliphatic rings. The molecule has 3 nitrogen and oxygen atoms in total. The number of esters is 1. The summed E-state index contributed by atoms with van der Waals surface area (Å²) in [7, 11) is 0. The summed E-state index contributed by atoms with van der Waals surface area (Å²) < 4.78 is 5.86. The van der Waals surface area contributed by atoms with Gasteiger partial charge in [0.05, 0.1) is 13.1 Å². The Hall–Kier alpha value is -0.570. The van der Waals surface area contributed by atoms with Crippen LogP contribution >= 0.6 is 0 Å². The van der Waals surface area contributed by atoms with Crippen LogP contribution in [0, 0.1) is 5.92 Å². The molecule has 0 aliphatic carbocycles. The van der Waals surface area contributed by atoms with Crippen molar-refractivity contribution in [3.63, 3.8) is 0 Å². The highest BCUT2D eigenvalue weighted by Gasteiger charge is 2.35. The minimum Gasteiger partial charge on any atom is -0.459 e. The van der Waals surface area contributed by atoms with Crippen molar-refractivity contribution < 1.29 is 14.8 Å². The normalized spacial score (nSPS) is 15.1. The van der Waals surface area contributed by atoms with Crippen LogP contribution in [0.25, 0.3) is 0 Å². The molecule has 2 N–H and O–H groups in total. The van der Waals surface area contributed by atoms with Gasteiger partial charge in [0.25, 0.3) is 0 Å². The van der Waals surface area contributed by atoms with Crippen molar-refractivity contribution >= 4 is 5.97 Å². The number of carbonyl (C=O) groups excluding carboxylic acids is 1. The van der Waals surface area contributed by atoms with E-state index in [1.165, 1.54) is 142 Å². The highest BCUT2D eigenvalue weighted by atomic mass is 16.6. The number of hydrogen-bond donors (Lipinski definition) is 1. The Bertz CT molecular complexity index is 443. The van der Waals surface area contributed by atoms with Crippen molar-refractivity contribution in [2.24, 2.45) is 5.92 Å². The molecule has 1 fully saturated rings. The molecule has 0 spiro atoms. The lowest BCUT2D eigenvalue weighted by Gasteiger charge is -2.35. The summed E-state index contributed by atoms with van der Waals surface area (Å²) in [5, 5.41) is 2.37. The van der Waals surface area contributed by atoms with Gasteiger partial charge in [-0.15, -0.1) is 0 Å². The van der Waals surface area contributed by atoms with E-state index in [-0.39, 0.29) is 11.6 Å². The van der Waals surface area contributed by atoms with Crippen molar-refractivity contribution in [1.29, 1.82) is 0 Å². The number of unbranched alkanes of at least 4 members (excludes halogenated alkanes) is 18. The van der Waals surface area contributed by atoms with E-state index in [1.807, 2.05) is 0 Å². The number of nitrogens with two attached hydrogens (primary N) is 1. The van der Waals surface area contributed by atoms with Crippen LogP contribution in [0.15, 0.2) is 0 Å². The van der Waals surface area contributed by atoms with Crippen molar-refractivity contribution in [3.05, 3.63) is 0 Å². The molecule has 0 aromatic carbocycles. The predicted molar refractivity (Wildman–Crippen MR) is 143 cm³/mol. The van der Waals surface area contributed by atoms with Gasteiger partial charge in [-0.25, -0.2) is 0 Å². The van der Waals surface area contributed by atoms with Crippen molar-refractivity contribution in [2.75, 3.05) is 13.1 Å². The molecule has 1 heterocycles. The van der Waals surface area contributed by atoms with Gasteiger partial charge in [-0.1, -0.05) is 122 Å². The Morgan fingerprint density at radius 3 is 1.42 bits per heavy atom. The van der Waals surface area contributed by atoms with Crippen LogP contribution in [-0.2, 0) is 9.53 Å². The molecule has 1 aliphatic heterocycles. The fourth-order valence-corrected chi connectivity index (χ4v) is 5.40. The number of rotatable bonds is 22. The molecule has 1 rings (SSSR count). The molecule has 0 radical (unpaired) electrons.